The molecule has 0 aromatic heterocycles. The summed E-state index contributed by atoms with van der Waals surface area (Å²) in [5.41, 5.74) is 0.495. The lowest BCUT2D eigenvalue weighted by molar-refractivity contribution is 0.621. The largest absolute Gasteiger partial charge is 0.311 e. The molecule has 45 valence electrons. The van der Waals surface area contributed by atoms with E-state index in [0.717, 1.165) is 0 Å². The molecule has 0 spiro atoms. The Bertz CT molecular complexity index is 194. The number of rotatable bonds is 2. The molecule has 0 atom stereocenters. The molecule has 0 aliphatic carbocycles. The van der Waals surface area contributed by atoms with Gasteiger partial charge in [-0.05, 0) is 6.92 Å². The molecule has 0 aromatic carbocycles. The molecule has 0 unspecified atom stereocenters. The van der Waals surface area contributed by atoms with Crippen LogP contribution in [0.5, 0.6) is 0 Å². The third-order valence-electron chi connectivity index (χ3n) is 0.394. The van der Waals surface area contributed by atoms with E-state index in [1.807, 2.05) is 0 Å². The summed E-state index contributed by atoms with van der Waals surface area (Å²) in [4.78, 5) is 0. The van der Waals surface area contributed by atoms with Gasteiger partial charge < -0.3 is 0 Å². The molecule has 8 heavy (non-hydrogen) atoms. The Hall–Kier alpha value is -0.640. The Morgan fingerprint density at radius 1 is 1.62 bits per heavy atom. The minimum Gasteiger partial charge on any atom is -0.167 e. The van der Waals surface area contributed by atoms with Crippen LogP contribution in [0.25, 0.3) is 0 Å². The van der Waals surface area contributed by atoms with Gasteiger partial charge in [-0.1, -0.05) is 12.2 Å². The second-order valence-corrected chi connectivity index (χ2v) is 1.95. The van der Waals surface area contributed by atoms with Gasteiger partial charge in [-0.2, -0.15) is 12.8 Å². The van der Waals surface area contributed by atoms with E-state index < -0.39 is 10.5 Å². The van der Waals surface area contributed by atoms with Crippen LogP contribution < -0.4 is 0 Å². The van der Waals surface area contributed by atoms with Crippen LogP contribution in [0.3, 0.4) is 0 Å². The van der Waals surface area contributed by atoms with Crippen molar-refractivity contribution in [1.29, 1.82) is 0 Å². The van der Waals surface area contributed by atoms with E-state index in [9.17, 15) is 8.42 Å². The van der Waals surface area contributed by atoms with Crippen LogP contribution in [0.15, 0.2) is 16.5 Å². The number of hydrogen-bond acceptors (Lipinski definition) is 3. The maximum atomic E-state index is 9.67. The summed E-state index contributed by atoms with van der Waals surface area (Å²) >= 11 is 0. The standard InChI is InChI=1S/C4H6NO2S/c1-4(2)3-5-8(6)7/h1-3H2. The molecule has 0 bridgehead atoms. The van der Waals surface area contributed by atoms with Crippen molar-refractivity contribution in [1.82, 2.24) is 0 Å². The summed E-state index contributed by atoms with van der Waals surface area (Å²) < 4.78 is 22.4. The van der Waals surface area contributed by atoms with Crippen LogP contribution in [0.1, 0.15) is 0 Å². The van der Waals surface area contributed by atoms with Crippen molar-refractivity contribution in [3.05, 3.63) is 19.1 Å². The van der Waals surface area contributed by atoms with Gasteiger partial charge in [0.2, 0.25) is 0 Å². The monoisotopic (exact) mass is 132 g/mol. The van der Waals surface area contributed by atoms with Crippen molar-refractivity contribution in [2.75, 3.05) is 6.54 Å². The lowest BCUT2D eigenvalue weighted by Crippen LogP contribution is -1.77. The first-order valence-electron chi connectivity index (χ1n) is 1.89. The topological polar surface area (TPSA) is 46.5 Å². The van der Waals surface area contributed by atoms with Gasteiger partial charge in [0.05, 0.1) is 6.54 Å². The molecule has 0 aliphatic rings. The third kappa shape index (κ3) is 5.36. The molecule has 0 saturated heterocycles. The minimum atomic E-state index is -2.31. The molecule has 4 heteroatoms. The van der Waals surface area contributed by atoms with Gasteiger partial charge >= 0.3 is 10.5 Å². The first-order valence-corrected chi connectivity index (χ1v) is 2.92. The molecule has 0 aromatic rings. The molecular weight excluding hydrogens is 126 g/mol. The highest BCUT2D eigenvalue weighted by atomic mass is 32.2. The molecule has 0 amide bonds. The van der Waals surface area contributed by atoms with Crippen molar-refractivity contribution in [2.24, 2.45) is 4.36 Å². The zero-order valence-electron chi connectivity index (χ0n) is 4.29. The van der Waals surface area contributed by atoms with Crippen LogP contribution >= 0.6 is 0 Å². The minimum absolute atomic E-state index is 0.0934. The van der Waals surface area contributed by atoms with Gasteiger partial charge in [0.1, 0.15) is 0 Å². The molecule has 0 saturated carbocycles. The van der Waals surface area contributed by atoms with E-state index >= 15 is 0 Å². The lowest BCUT2D eigenvalue weighted by Gasteiger charge is -1.80. The fraction of sp³-hybridized carbons (Fsp3) is 0.250. The van der Waals surface area contributed by atoms with Crippen molar-refractivity contribution < 1.29 is 8.42 Å². The smallest absolute Gasteiger partial charge is 0.167 e. The highest BCUT2D eigenvalue weighted by Crippen LogP contribution is 1.83. The highest BCUT2D eigenvalue weighted by molar-refractivity contribution is 7.61. The molecule has 0 fully saturated rings. The van der Waals surface area contributed by atoms with Crippen LogP contribution in [0.4, 0.5) is 0 Å². The number of nitrogens with zero attached hydrogens (tertiary/aromatic N) is 1. The second-order valence-electron chi connectivity index (χ2n) is 1.25. The third-order valence-corrected chi connectivity index (χ3v) is 0.733. The molecule has 0 heterocycles. The second kappa shape index (κ2) is 3.37. The Balaban J connectivity index is 3.81. The summed E-state index contributed by atoms with van der Waals surface area (Å²) in [6.45, 7) is 6.79. The van der Waals surface area contributed by atoms with E-state index in [1.165, 1.54) is 0 Å². The van der Waals surface area contributed by atoms with Gasteiger partial charge in [0, 0.05) is 0 Å². The average molecular weight is 132 g/mol. The molecule has 0 N–H and O–H groups in total. The molecule has 0 aliphatic heterocycles. The summed E-state index contributed by atoms with van der Waals surface area (Å²) in [6.07, 6.45) is 0. The van der Waals surface area contributed by atoms with Gasteiger partial charge in [0.25, 0.3) is 0 Å². The van der Waals surface area contributed by atoms with Crippen molar-refractivity contribution in [2.45, 2.75) is 0 Å². The van der Waals surface area contributed by atoms with E-state index in [0.29, 0.717) is 5.57 Å². The summed E-state index contributed by atoms with van der Waals surface area (Å²) in [7, 11) is -2.31. The first-order chi connectivity index (χ1) is 3.63. The maximum absolute atomic E-state index is 9.67. The number of hydrogen-bond donors (Lipinski definition) is 0. The molecular formula is C4H6NO2S. The quantitative estimate of drug-likeness (QED) is 0.547. The molecule has 3 nitrogen and oxygen atoms in total. The predicted molar refractivity (Wildman–Crippen MR) is 30.7 cm³/mol. The van der Waals surface area contributed by atoms with Gasteiger partial charge in [-0.3, -0.25) is 0 Å². The van der Waals surface area contributed by atoms with Crippen LogP contribution in [0.2, 0.25) is 0 Å². The van der Waals surface area contributed by atoms with Crippen LogP contribution in [-0.2, 0) is 10.5 Å². The van der Waals surface area contributed by atoms with E-state index in [-0.39, 0.29) is 6.54 Å². The lowest BCUT2D eigenvalue weighted by atomic mass is 10.4. The van der Waals surface area contributed by atoms with Gasteiger partial charge in [-0.15, -0.1) is 0 Å². The fourth-order valence-electron chi connectivity index (χ4n) is 0.144. The normalized spacial score (nSPS) is 8.12. The fourth-order valence-corrected chi connectivity index (χ4v) is 0.432. The Morgan fingerprint density at radius 3 is 2.25 bits per heavy atom. The zero-order chi connectivity index (χ0) is 6.57. The zero-order valence-corrected chi connectivity index (χ0v) is 5.11. The Labute approximate surface area is 49.7 Å². The maximum Gasteiger partial charge on any atom is 0.311 e. The summed E-state index contributed by atoms with van der Waals surface area (Å²) in [5, 5.41) is 0. The van der Waals surface area contributed by atoms with Crippen molar-refractivity contribution in [3.63, 3.8) is 0 Å². The van der Waals surface area contributed by atoms with Crippen molar-refractivity contribution in [3.8, 4) is 0 Å². The SMILES string of the molecule is [CH2]C(=C)CN=S(=O)=O. The predicted octanol–water partition coefficient (Wildman–Crippen LogP) is 0.439. The van der Waals surface area contributed by atoms with Gasteiger partial charge in [-0.25, -0.2) is 0 Å². The van der Waals surface area contributed by atoms with Gasteiger partial charge in [0.15, 0.2) is 0 Å². The first kappa shape index (κ1) is 7.36. The van der Waals surface area contributed by atoms with Crippen molar-refractivity contribution >= 4 is 10.5 Å². The van der Waals surface area contributed by atoms with E-state index in [2.05, 4.69) is 17.9 Å². The summed E-state index contributed by atoms with van der Waals surface area (Å²) in [5.74, 6) is 0. The highest BCUT2D eigenvalue weighted by Gasteiger charge is 1.78. The van der Waals surface area contributed by atoms with Crippen LogP contribution in [0, 0.1) is 6.92 Å². The Kier molecular flexibility index (Phi) is 3.10. The molecule has 0 rings (SSSR count). The average Bonchev–Trinajstić information content (AvgIpc) is 1.61. The van der Waals surface area contributed by atoms with E-state index in [4.69, 9.17) is 0 Å². The molecule has 1 radical (unpaired) electrons. The Morgan fingerprint density at radius 2 is 2.12 bits per heavy atom. The summed E-state index contributed by atoms with van der Waals surface area (Å²) in [6, 6.07) is 0. The van der Waals surface area contributed by atoms with E-state index in [1.54, 1.807) is 0 Å². The van der Waals surface area contributed by atoms with Crippen LogP contribution in [-0.4, -0.2) is 15.0 Å².